The lowest BCUT2D eigenvalue weighted by molar-refractivity contribution is -0.139. The van der Waals surface area contributed by atoms with Crippen LogP contribution in [0.4, 0.5) is 0 Å². The topological polar surface area (TPSA) is 108 Å². The zero-order chi connectivity index (χ0) is 14.8. The molecule has 21 heavy (non-hydrogen) atoms. The third kappa shape index (κ3) is 2.91. The Hall–Kier alpha value is -2.70. The van der Waals surface area contributed by atoms with E-state index < -0.39 is 17.9 Å². The highest BCUT2D eigenvalue weighted by molar-refractivity contribution is 5.93. The Morgan fingerprint density at radius 2 is 2.00 bits per heavy atom. The van der Waals surface area contributed by atoms with Gasteiger partial charge >= 0.3 is 5.97 Å². The van der Waals surface area contributed by atoms with Gasteiger partial charge in [0.05, 0.1) is 0 Å². The van der Waals surface area contributed by atoms with Gasteiger partial charge in [-0.3, -0.25) is 9.89 Å². The van der Waals surface area contributed by atoms with Crippen LogP contribution in [0, 0.1) is 0 Å². The number of nitrogens with one attached hydrogen (secondary N) is 2. The molecule has 0 saturated heterocycles. The quantitative estimate of drug-likeness (QED) is 0.766. The number of nitrogens with zero attached hydrogens (tertiary/aromatic N) is 2. The number of amides is 1. The van der Waals surface area contributed by atoms with Gasteiger partial charge in [-0.2, -0.15) is 0 Å². The Bertz CT molecular complexity index is 664. The first-order chi connectivity index (χ1) is 10.1. The monoisotopic (exact) mass is 286 g/mol. The molecule has 0 bridgehead atoms. The van der Waals surface area contributed by atoms with Gasteiger partial charge in [0.1, 0.15) is 5.82 Å². The Morgan fingerprint density at radius 1 is 1.29 bits per heavy atom. The molecule has 1 saturated carbocycles. The van der Waals surface area contributed by atoms with Gasteiger partial charge in [0.25, 0.3) is 5.91 Å². The van der Waals surface area contributed by atoms with Crippen LogP contribution in [0.1, 0.15) is 46.8 Å². The molecule has 0 unspecified atom stereocenters. The number of carboxylic acid groups (broad SMARTS) is 1. The summed E-state index contributed by atoms with van der Waals surface area (Å²) in [5, 5.41) is 18.3. The van der Waals surface area contributed by atoms with Crippen molar-refractivity contribution in [3.05, 3.63) is 47.5 Å². The number of H-pyrrole nitrogens is 1. The van der Waals surface area contributed by atoms with Crippen molar-refractivity contribution in [2.75, 3.05) is 0 Å². The number of aliphatic carboxylic acids is 1. The number of hydrogen-bond donors (Lipinski definition) is 3. The molecule has 1 aromatic heterocycles. The van der Waals surface area contributed by atoms with E-state index in [0.29, 0.717) is 17.3 Å². The second-order valence-electron chi connectivity index (χ2n) is 4.97. The number of carbonyl (C=O) groups is 2. The van der Waals surface area contributed by atoms with E-state index in [2.05, 4.69) is 20.5 Å². The fourth-order valence-corrected chi connectivity index (χ4v) is 2.04. The van der Waals surface area contributed by atoms with Gasteiger partial charge in [-0.15, -0.1) is 5.10 Å². The molecule has 1 amide bonds. The van der Waals surface area contributed by atoms with Crippen LogP contribution in [0.25, 0.3) is 0 Å². The number of carboxylic acids is 1. The molecule has 0 spiro atoms. The molecule has 108 valence electrons. The maximum atomic E-state index is 12.1. The zero-order valence-corrected chi connectivity index (χ0v) is 11.1. The largest absolute Gasteiger partial charge is 0.479 e. The number of rotatable bonds is 5. The second-order valence-corrected chi connectivity index (χ2v) is 4.97. The number of aromatic nitrogens is 3. The van der Waals surface area contributed by atoms with E-state index in [4.69, 9.17) is 0 Å². The van der Waals surface area contributed by atoms with Crippen molar-refractivity contribution in [3.8, 4) is 0 Å². The van der Waals surface area contributed by atoms with Gasteiger partial charge < -0.3 is 10.4 Å². The predicted octanol–water partition coefficient (Wildman–Crippen LogP) is 1.24. The summed E-state index contributed by atoms with van der Waals surface area (Å²) in [5.74, 6) is -0.726. The highest BCUT2D eigenvalue weighted by Gasteiger charge is 2.29. The van der Waals surface area contributed by atoms with Gasteiger partial charge in [-0.1, -0.05) is 30.3 Å². The van der Waals surface area contributed by atoms with Crippen LogP contribution in [0.15, 0.2) is 30.3 Å². The molecule has 1 aliphatic rings. The molecule has 1 fully saturated rings. The third-order valence-electron chi connectivity index (χ3n) is 3.33. The van der Waals surface area contributed by atoms with Gasteiger partial charge in [0.2, 0.25) is 5.82 Å². The summed E-state index contributed by atoms with van der Waals surface area (Å²) in [5.41, 5.74) is 0.497. The van der Waals surface area contributed by atoms with Gasteiger partial charge in [0.15, 0.2) is 6.04 Å². The summed E-state index contributed by atoms with van der Waals surface area (Å²) < 4.78 is 0. The zero-order valence-electron chi connectivity index (χ0n) is 11.1. The molecule has 7 heteroatoms. The molecule has 1 aromatic carbocycles. The Morgan fingerprint density at radius 3 is 2.62 bits per heavy atom. The first-order valence-electron chi connectivity index (χ1n) is 6.66. The van der Waals surface area contributed by atoms with Crippen molar-refractivity contribution < 1.29 is 14.7 Å². The minimum absolute atomic E-state index is 0.0286. The van der Waals surface area contributed by atoms with E-state index in [1.807, 2.05) is 0 Å². The van der Waals surface area contributed by atoms with E-state index in [9.17, 15) is 14.7 Å². The van der Waals surface area contributed by atoms with Crippen LogP contribution in [0.5, 0.6) is 0 Å². The Labute approximate surface area is 120 Å². The van der Waals surface area contributed by atoms with E-state index in [1.165, 1.54) is 0 Å². The van der Waals surface area contributed by atoms with Crippen molar-refractivity contribution in [2.45, 2.75) is 24.8 Å². The molecule has 1 heterocycles. The van der Waals surface area contributed by atoms with Crippen LogP contribution in [0.2, 0.25) is 0 Å². The maximum Gasteiger partial charge on any atom is 0.330 e. The fourth-order valence-electron chi connectivity index (χ4n) is 2.04. The van der Waals surface area contributed by atoms with Crippen molar-refractivity contribution in [1.29, 1.82) is 0 Å². The molecular formula is C14H14N4O3. The lowest BCUT2D eigenvalue weighted by Crippen LogP contribution is -2.34. The highest BCUT2D eigenvalue weighted by Crippen LogP contribution is 2.37. The summed E-state index contributed by atoms with van der Waals surface area (Å²) in [7, 11) is 0. The molecule has 3 N–H and O–H groups in total. The number of benzene rings is 1. The summed E-state index contributed by atoms with van der Waals surface area (Å²) in [6, 6.07) is 7.38. The van der Waals surface area contributed by atoms with E-state index >= 15 is 0 Å². The summed E-state index contributed by atoms with van der Waals surface area (Å²) in [4.78, 5) is 27.5. The minimum Gasteiger partial charge on any atom is -0.479 e. The predicted molar refractivity (Wildman–Crippen MR) is 72.6 cm³/mol. The van der Waals surface area contributed by atoms with E-state index in [-0.39, 0.29) is 5.82 Å². The third-order valence-corrected chi connectivity index (χ3v) is 3.33. The Kier molecular flexibility index (Phi) is 3.39. The average molecular weight is 286 g/mol. The second kappa shape index (κ2) is 5.35. The van der Waals surface area contributed by atoms with Crippen LogP contribution >= 0.6 is 0 Å². The first-order valence-corrected chi connectivity index (χ1v) is 6.66. The van der Waals surface area contributed by atoms with Crippen molar-refractivity contribution in [3.63, 3.8) is 0 Å². The summed E-state index contributed by atoms with van der Waals surface area (Å²) in [6.45, 7) is 0. The first kappa shape index (κ1) is 13.3. The van der Waals surface area contributed by atoms with Crippen molar-refractivity contribution >= 4 is 11.9 Å². The minimum atomic E-state index is -1.13. The normalized spacial score (nSPS) is 15.4. The molecule has 2 aromatic rings. The summed E-state index contributed by atoms with van der Waals surface area (Å²) >= 11 is 0. The molecule has 0 aliphatic heterocycles. The summed E-state index contributed by atoms with van der Waals surface area (Å²) in [6.07, 6.45) is 2.08. The lowest BCUT2D eigenvalue weighted by Gasteiger charge is -2.13. The standard InChI is InChI=1S/C14H14N4O3/c19-13(12-16-11(17-18-12)9-6-7-9)15-10(14(20)21)8-4-2-1-3-5-8/h1-5,9-10H,6-7H2,(H,15,19)(H,20,21)(H,16,17,18)/t10-/m1/s1. The lowest BCUT2D eigenvalue weighted by atomic mass is 10.1. The molecular weight excluding hydrogens is 272 g/mol. The molecule has 7 nitrogen and oxygen atoms in total. The fraction of sp³-hybridized carbons (Fsp3) is 0.286. The molecule has 1 atom stereocenters. The Balaban J connectivity index is 1.75. The van der Waals surface area contributed by atoms with Gasteiger partial charge in [-0.25, -0.2) is 9.78 Å². The average Bonchev–Trinajstić information content (AvgIpc) is 3.22. The van der Waals surface area contributed by atoms with Crippen LogP contribution in [0.3, 0.4) is 0 Å². The van der Waals surface area contributed by atoms with Crippen molar-refractivity contribution in [2.24, 2.45) is 0 Å². The molecule has 0 radical (unpaired) electrons. The van der Waals surface area contributed by atoms with Gasteiger partial charge in [0, 0.05) is 5.92 Å². The number of carbonyl (C=O) groups excluding carboxylic acids is 1. The highest BCUT2D eigenvalue weighted by atomic mass is 16.4. The van der Waals surface area contributed by atoms with Crippen LogP contribution in [-0.2, 0) is 4.79 Å². The van der Waals surface area contributed by atoms with Crippen LogP contribution in [-0.4, -0.2) is 32.2 Å². The van der Waals surface area contributed by atoms with Gasteiger partial charge in [-0.05, 0) is 18.4 Å². The number of hydrogen-bond acceptors (Lipinski definition) is 4. The van der Waals surface area contributed by atoms with E-state index in [1.54, 1.807) is 30.3 Å². The maximum absolute atomic E-state index is 12.1. The molecule has 3 rings (SSSR count). The SMILES string of the molecule is O=C(N[C@@H](C(=O)O)c1ccccc1)c1n[nH]c(C2CC2)n1. The molecule has 1 aliphatic carbocycles. The van der Waals surface area contributed by atoms with E-state index in [0.717, 1.165) is 12.8 Å². The van der Waals surface area contributed by atoms with Crippen LogP contribution < -0.4 is 5.32 Å². The smallest absolute Gasteiger partial charge is 0.330 e. The number of aromatic amines is 1. The van der Waals surface area contributed by atoms with Crippen molar-refractivity contribution in [1.82, 2.24) is 20.5 Å².